The first-order valence-electron chi connectivity index (χ1n) is 7.48. The summed E-state index contributed by atoms with van der Waals surface area (Å²) in [5.41, 5.74) is -1.68. The Kier molecular flexibility index (Phi) is 4.68. The number of hydrogen-bond donors (Lipinski definition) is 1. The maximum Gasteiger partial charge on any atom is 0.416 e. The van der Waals surface area contributed by atoms with E-state index < -0.39 is 23.4 Å². The quantitative estimate of drug-likeness (QED) is 0.913. The molecule has 1 aliphatic rings. The molecule has 1 amide bonds. The van der Waals surface area contributed by atoms with Gasteiger partial charge < -0.3 is 4.74 Å². The predicted molar refractivity (Wildman–Crippen MR) is 79.8 cm³/mol. The lowest BCUT2D eigenvalue weighted by Gasteiger charge is -2.21. The highest BCUT2D eigenvalue weighted by Crippen LogP contribution is 2.36. The summed E-state index contributed by atoms with van der Waals surface area (Å²) < 4.78 is 44.8. The second-order valence-corrected chi connectivity index (χ2v) is 5.45. The number of amidine groups is 1. The molecule has 1 N–H and O–H groups in total. The van der Waals surface area contributed by atoms with Crippen LogP contribution in [0.15, 0.2) is 29.3 Å². The molecule has 1 saturated heterocycles. The van der Waals surface area contributed by atoms with Gasteiger partial charge in [0.2, 0.25) is 0 Å². The van der Waals surface area contributed by atoms with E-state index in [1.54, 1.807) is 0 Å². The standard InChI is InChI=1S/C16H19F3N2O2/c1-4-15(5-2)13(22)21-14(23-15)20-10(3)11-8-6-7-9-12(11)16(17,18)19/h6-10H,4-5H2,1-3H3,(H,20,21,22)/t10-/m0/s1. The number of carbonyl (C=O) groups excluding carboxylic acids is 1. The van der Waals surface area contributed by atoms with Gasteiger partial charge >= 0.3 is 6.18 Å². The van der Waals surface area contributed by atoms with Crippen LogP contribution in [-0.4, -0.2) is 17.5 Å². The molecule has 4 nitrogen and oxygen atoms in total. The summed E-state index contributed by atoms with van der Waals surface area (Å²) in [7, 11) is 0. The first-order chi connectivity index (χ1) is 10.7. The van der Waals surface area contributed by atoms with Gasteiger partial charge in [0, 0.05) is 0 Å². The van der Waals surface area contributed by atoms with E-state index in [-0.39, 0.29) is 17.5 Å². The molecule has 0 radical (unpaired) electrons. The van der Waals surface area contributed by atoms with Crippen molar-refractivity contribution in [3.8, 4) is 0 Å². The van der Waals surface area contributed by atoms with Crippen LogP contribution in [0.4, 0.5) is 13.2 Å². The molecule has 1 heterocycles. The molecule has 0 spiro atoms. The van der Waals surface area contributed by atoms with Crippen molar-refractivity contribution in [2.45, 2.75) is 51.4 Å². The van der Waals surface area contributed by atoms with E-state index >= 15 is 0 Å². The molecule has 1 aromatic rings. The number of benzene rings is 1. The van der Waals surface area contributed by atoms with Gasteiger partial charge in [-0.25, -0.2) is 4.99 Å². The van der Waals surface area contributed by atoms with E-state index in [2.05, 4.69) is 10.3 Å². The summed E-state index contributed by atoms with van der Waals surface area (Å²) in [5, 5.41) is 2.51. The molecule has 0 aromatic heterocycles. The fourth-order valence-corrected chi connectivity index (χ4v) is 2.61. The molecular formula is C16H19F3N2O2. The Morgan fingerprint density at radius 2 is 1.87 bits per heavy atom. The monoisotopic (exact) mass is 328 g/mol. The van der Waals surface area contributed by atoms with Crippen LogP contribution in [0.1, 0.15) is 50.8 Å². The topological polar surface area (TPSA) is 50.7 Å². The molecule has 7 heteroatoms. The Morgan fingerprint density at radius 3 is 2.39 bits per heavy atom. The molecule has 0 bridgehead atoms. The van der Waals surface area contributed by atoms with Crippen molar-refractivity contribution in [2.75, 3.05) is 0 Å². The van der Waals surface area contributed by atoms with Crippen LogP contribution in [-0.2, 0) is 15.7 Å². The number of amides is 1. The lowest BCUT2D eigenvalue weighted by molar-refractivity contribution is -0.138. The maximum atomic E-state index is 13.1. The minimum atomic E-state index is -4.46. The number of hydrogen-bond acceptors (Lipinski definition) is 3. The number of ether oxygens (including phenoxy) is 1. The molecule has 0 saturated carbocycles. The Labute approximate surface area is 132 Å². The van der Waals surface area contributed by atoms with E-state index in [1.807, 2.05) is 13.8 Å². The zero-order valence-corrected chi connectivity index (χ0v) is 13.2. The largest absolute Gasteiger partial charge is 0.448 e. The van der Waals surface area contributed by atoms with Gasteiger partial charge in [-0.2, -0.15) is 13.2 Å². The van der Waals surface area contributed by atoms with Gasteiger partial charge in [0.15, 0.2) is 5.60 Å². The highest BCUT2D eigenvalue weighted by Gasteiger charge is 2.45. The fraction of sp³-hybridized carbons (Fsp3) is 0.500. The maximum absolute atomic E-state index is 13.1. The van der Waals surface area contributed by atoms with Gasteiger partial charge in [-0.05, 0) is 31.4 Å². The van der Waals surface area contributed by atoms with Crippen LogP contribution in [0, 0.1) is 0 Å². The van der Waals surface area contributed by atoms with E-state index in [9.17, 15) is 18.0 Å². The molecular weight excluding hydrogens is 309 g/mol. The average Bonchev–Trinajstić information content (AvgIpc) is 2.82. The van der Waals surface area contributed by atoms with Crippen molar-refractivity contribution in [2.24, 2.45) is 4.99 Å². The minimum absolute atomic E-state index is 0.0248. The number of nitrogens with one attached hydrogen (secondary N) is 1. The smallest absolute Gasteiger partial charge is 0.416 e. The van der Waals surface area contributed by atoms with Gasteiger partial charge in [-0.15, -0.1) is 0 Å². The Bertz CT molecular complexity index is 622. The van der Waals surface area contributed by atoms with Crippen molar-refractivity contribution in [3.63, 3.8) is 0 Å². The molecule has 0 aliphatic carbocycles. The summed E-state index contributed by atoms with van der Waals surface area (Å²) in [6.07, 6.45) is -3.54. The summed E-state index contributed by atoms with van der Waals surface area (Å²) in [6.45, 7) is 5.16. The van der Waals surface area contributed by atoms with Crippen LogP contribution >= 0.6 is 0 Å². The normalized spacial score (nSPS) is 20.3. The number of carbonyl (C=O) groups is 1. The van der Waals surface area contributed by atoms with Crippen LogP contribution in [0.3, 0.4) is 0 Å². The molecule has 126 valence electrons. The number of halogens is 3. The predicted octanol–water partition coefficient (Wildman–Crippen LogP) is 3.83. The molecule has 1 aromatic carbocycles. The highest BCUT2D eigenvalue weighted by atomic mass is 19.4. The SMILES string of the molecule is CCC1(CC)OC(=N[C@@H](C)c2ccccc2C(F)(F)F)NC1=O. The van der Waals surface area contributed by atoms with Crippen molar-refractivity contribution in [1.82, 2.24) is 5.32 Å². The van der Waals surface area contributed by atoms with Crippen LogP contribution in [0.2, 0.25) is 0 Å². The summed E-state index contributed by atoms with van der Waals surface area (Å²) >= 11 is 0. The van der Waals surface area contributed by atoms with Crippen molar-refractivity contribution in [3.05, 3.63) is 35.4 Å². The molecule has 1 atom stereocenters. The van der Waals surface area contributed by atoms with Gasteiger partial charge in [0.25, 0.3) is 11.9 Å². The molecule has 1 fully saturated rings. The van der Waals surface area contributed by atoms with Gasteiger partial charge in [-0.1, -0.05) is 32.0 Å². The van der Waals surface area contributed by atoms with Crippen LogP contribution in [0.25, 0.3) is 0 Å². The van der Waals surface area contributed by atoms with Crippen molar-refractivity contribution < 1.29 is 22.7 Å². The Hall–Kier alpha value is -2.05. The fourth-order valence-electron chi connectivity index (χ4n) is 2.61. The second kappa shape index (κ2) is 6.22. The lowest BCUT2D eigenvalue weighted by Crippen LogP contribution is -2.37. The van der Waals surface area contributed by atoms with Crippen molar-refractivity contribution in [1.29, 1.82) is 0 Å². The summed E-state index contributed by atoms with van der Waals surface area (Å²) in [4.78, 5) is 16.1. The Morgan fingerprint density at radius 1 is 1.26 bits per heavy atom. The third-order valence-electron chi connectivity index (χ3n) is 4.10. The summed E-state index contributed by atoms with van der Waals surface area (Å²) in [5.74, 6) is -0.308. The van der Waals surface area contributed by atoms with Gasteiger partial charge in [0.05, 0.1) is 11.6 Å². The van der Waals surface area contributed by atoms with Crippen LogP contribution < -0.4 is 5.32 Å². The van der Waals surface area contributed by atoms with Crippen molar-refractivity contribution >= 4 is 11.9 Å². The molecule has 1 aliphatic heterocycles. The minimum Gasteiger partial charge on any atom is -0.448 e. The highest BCUT2D eigenvalue weighted by molar-refractivity contribution is 6.04. The zero-order valence-electron chi connectivity index (χ0n) is 13.2. The molecule has 0 unspecified atom stereocenters. The Balaban J connectivity index is 2.30. The van der Waals surface area contributed by atoms with E-state index in [1.165, 1.54) is 25.1 Å². The van der Waals surface area contributed by atoms with E-state index in [4.69, 9.17) is 4.74 Å². The van der Waals surface area contributed by atoms with E-state index in [0.29, 0.717) is 12.8 Å². The number of alkyl halides is 3. The third kappa shape index (κ3) is 3.33. The first-order valence-corrected chi connectivity index (χ1v) is 7.48. The van der Waals surface area contributed by atoms with E-state index in [0.717, 1.165) is 6.07 Å². The lowest BCUT2D eigenvalue weighted by atomic mass is 9.97. The molecule has 23 heavy (non-hydrogen) atoms. The van der Waals surface area contributed by atoms with Gasteiger partial charge in [0.1, 0.15) is 0 Å². The van der Waals surface area contributed by atoms with Gasteiger partial charge in [-0.3, -0.25) is 10.1 Å². The van der Waals surface area contributed by atoms with Crippen LogP contribution in [0.5, 0.6) is 0 Å². The summed E-state index contributed by atoms with van der Waals surface area (Å²) in [6, 6.07) is 4.43. The number of rotatable bonds is 4. The first kappa shape index (κ1) is 17.3. The second-order valence-electron chi connectivity index (χ2n) is 5.45. The average molecular weight is 328 g/mol. The number of aliphatic imine (C=N–C) groups is 1. The third-order valence-corrected chi connectivity index (χ3v) is 4.10. The number of nitrogens with zero attached hydrogens (tertiary/aromatic N) is 1. The molecule has 2 rings (SSSR count). The zero-order chi connectivity index (χ0) is 17.3.